The second-order valence-electron chi connectivity index (χ2n) is 3.55. The molecule has 1 aromatic carbocycles. The van der Waals surface area contributed by atoms with Crippen LogP contribution in [0, 0.1) is 0 Å². The smallest absolute Gasteiger partial charge is 0.333 e. The number of ether oxygens (including phenoxy) is 1. The van der Waals surface area contributed by atoms with E-state index in [0.29, 0.717) is 5.57 Å². The molecule has 0 atom stereocenters. The van der Waals surface area contributed by atoms with Crippen molar-refractivity contribution in [2.24, 2.45) is 0 Å². The monoisotopic (exact) mass is 265 g/mol. The van der Waals surface area contributed by atoms with Gasteiger partial charge in [0.25, 0.3) is 5.24 Å². The number of rotatable bonds is 5. The molecule has 18 heavy (non-hydrogen) atoms. The lowest BCUT2D eigenvalue weighted by Crippen LogP contribution is -2.24. The molecule has 5 heteroatoms. The van der Waals surface area contributed by atoms with Crippen LogP contribution < -0.4 is 5.32 Å². The molecule has 1 rings (SSSR count). The predicted molar refractivity (Wildman–Crippen MR) is 71.5 cm³/mol. The van der Waals surface area contributed by atoms with Crippen molar-refractivity contribution >= 4 is 23.0 Å². The molecule has 0 saturated carbocycles. The Morgan fingerprint density at radius 1 is 1.33 bits per heavy atom. The van der Waals surface area contributed by atoms with Crippen LogP contribution in [-0.2, 0) is 9.53 Å². The molecule has 0 saturated heterocycles. The van der Waals surface area contributed by atoms with E-state index in [1.165, 1.54) is 0 Å². The number of esters is 1. The fraction of sp³-hybridized carbons (Fsp3) is 0.231. The minimum absolute atomic E-state index is 0.146. The van der Waals surface area contributed by atoms with Crippen LogP contribution in [0.1, 0.15) is 6.92 Å². The van der Waals surface area contributed by atoms with Gasteiger partial charge in [0.15, 0.2) is 0 Å². The lowest BCUT2D eigenvalue weighted by atomic mass is 10.4. The van der Waals surface area contributed by atoms with Gasteiger partial charge in [-0.2, -0.15) is 0 Å². The fourth-order valence-electron chi connectivity index (χ4n) is 1.05. The van der Waals surface area contributed by atoms with Crippen LogP contribution in [0.3, 0.4) is 0 Å². The van der Waals surface area contributed by atoms with Crippen molar-refractivity contribution in [3.05, 3.63) is 42.5 Å². The minimum atomic E-state index is -0.444. The second-order valence-corrected chi connectivity index (χ2v) is 4.59. The third-order valence-electron chi connectivity index (χ3n) is 1.91. The number of hydrogen-bond donors (Lipinski definition) is 1. The van der Waals surface area contributed by atoms with Crippen LogP contribution in [0.15, 0.2) is 47.4 Å². The first-order chi connectivity index (χ1) is 8.59. The van der Waals surface area contributed by atoms with Crippen molar-refractivity contribution in [3.8, 4) is 0 Å². The van der Waals surface area contributed by atoms with Gasteiger partial charge < -0.3 is 10.1 Å². The number of benzene rings is 1. The highest BCUT2D eigenvalue weighted by Gasteiger charge is 2.05. The quantitative estimate of drug-likeness (QED) is 0.385. The van der Waals surface area contributed by atoms with Crippen molar-refractivity contribution in [3.63, 3.8) is 0 Å². The van der Waals surface area contributed by atoms with Gasteiger partial charge >= 0.3 is 5.97 Å². The molecule has 0 spiro atoms. The molecule has 0 heterocycles. The molecule has 0 unspecified atom stereocenters. The first kappa shape index (κ1) is 14.3. The van der Waals surface area contributed by atoms with Crippen LogP contribution >= 0.6 is 11.8 Å². The molecule has 1 aromatic rings. The van der Waals surface area contributed by atoms with E-state index < -0.39 is 5.97 Å². The van der Waals surface area contributed by atoms with E-state index in [1.807, 2.05) is 30.3 Å². The summed E-state index contributed by atoms with van der Waals surface area (Å²) in [5.41, 5.74) is 0.347. The molecule has 96 valence electrons. The number of hydrogen-bond acceptors (Lipinski definition) is 4. The molecule has 0 fully saturated rings. The van der Waals surface area contributed by atoms with E-state index in [-0.39, 0.29) is 18.4 Å². The molecule has 0 radical (unpaired) electrons. The summed E-state index contributed by atoms with van der Waals surface area (Å²) < 4.78 is 4.84. The van der Waals surface area contributed by atoms with Crippen LogP contribution in [0.5, 0.6) is 0 Å². The molecule has 4 nitrogen and oxygen atoms in total. The van der Waals surface area contributed by atoms with Crippen molar-refractivity contribution in [1.82, 2.24) is 5.32 Å². The zero-order valence-corrected chi connectivity index (χ0v) is 11.0. The van der Waals surface area contributed by atoms with Crippen molar-refractivity contribution < 1.29 is 14.3 Å². The Bertz CT molecular complexity index is 431. The minimum Gasteiger partial charge on any atom is -0.460 e. The Hall–Kier alpha value is -1.75. The number of carbonyl (C=O) groups excluding carboxylic acids is 2. The number of nitrogens with one attached hydrogen (secondary N) is 1. The number of carbonyl (C=O) groups is 2. The molecule has 1 amide bonds. The summed E-state index contributed by atoms with van der Waals surface area (Å²) >= 11 is 1.10. The van der Waals surface area contributed by atoms with E-state index in [2.05, 4.69) is 11.9 Å². The Balaban J connectivity index is 2.18. The molecular weight excluding hydrogens is 250 g/mol. The van der Waals surface area contributed by atoms with E-state index in [9.17, 15) is 9.59 Å². The van der Waals surface area contributed by atoms with Gasteiger partial charge in [0.2, 0.25) is 0 Å². The average molecular weight is 265 g/mol. The summed E-state index contributed by atoms with van der Waals surface area (Å²) in [5, 5.41) is 2.47. The second kappa shape index (κ2) is 7.55. The highest BCUT2D eigenvalue weighted by atomic mass is 32.2. The summed E-state index contributed by atoms with van der Waals surface area (Å²) in [4.78, 5) is 23.4. The van der Waals surface area contributed by atoms with Gasteiger partial charge in [-0.05, 0) is 30.8 Å². The van der Waals surface area contributed by atoms with Crippen molar-refractivity contribution in [2.45, 2.75) is 11.8 Å². The zero-order valence-electron chi connectivity index (χ0n) is 10.1. The predicted octanol–water partition coefficient (Wildman–Crippen LogP) is 2.61. The highest BCUT2D eigenvalue weighted by molar-refractivity contribution is 8.13. The first-order valence-corrected chi connectivity index (χ1v) is 6.24. The van der Waals surface area contributed by atoms with Gasteiger partial charge in [0, 0.05) is 10.5 Å². The zero-order chi connectivity index (χ0) is 13.4. The van der Waals surface area contributed by atoms with Crippen molar-refractivity contribution in [2.75, 3.05) is 13.2 Å². The van der Waals surface area contributed by atoms with Gasteiger partial charge in [-0.1, -0.05) is 24.8 Å². The maximum Gasteiger partial charge on any atom is 0.333 e. The first-order valence-electron chi connectivity index (χ1n) is 5.43. The summed E-state index contributed by atoms with van der Waals surface area (Å²) in [7, 11) is 0. The molecular formula is C13H15NO3S. The maximum atomic E-state index is 11.5. The van der Waals surface area contributed by atoms with E-state index in [0.717, 1.165) is 16.7 Å². The summed E-state index contributed by atoms with van der Waals surface area (Å²) in [6.45, 7) is 5.47. The Labute approximate surface area is 110 Å². The van der Waals surface area contributed by atoms with Gasteiger partial charge in [0.05, 0.1) is 6.54 Å². The SMILES string of the molecule is C=C(C)C(=O)OCCNC(=O)Sc1ccccc1. The van der Waals surface area contributed by atoms with E-state index in [1.54, 1.807) is 6.92 Å². The normalized spacial score (nSPS) is 9.61. The van der Waals surface area contributed by atoms with Gasteiger partial charge in [-0.15, -0.1) is 0 Å². The van der Waals surface area contributed by atoms with Crippen LogP contribution in [-0.4, -0.2) is 24.4 Å². The standard InChI is InChI=1S/C13H15NO3S/c1-10(2)12(15)17-9-8-14-13(16)18-11-6-4-3-5-7-11/h3-7H,1,8-9H2,2H3,(H,14,16). The van der Waals surface area contributed by atoms with E-state index >= 15 is 0 Å². The Morgan fingerprint density at radius 2 is 2.00 bits per heavy atom. The summed E-state index contributed by atoms with van der Waals surface area (Å²) in [6, 6.07) is 9.32. The fourth-order valence-corrected chi connectivity index (χ4v) is 1.73. The van der Waals surface area contributed by atoms with Crippen molar-refractivity contribution in [1.29, 1.82) is 0 Å². The lowest BCUT2D eigenvalue weighted by Gasteiger charge is -2.06. The third-order valence-corrected chi connectivity index (χ3v) is 2.74. The summed E-state index contributed by atoms with van der Waals surface area (Å²) in [5.74, 6) is -0.444. The van der Waals surface area contributed by atoms with Crippen LogP contribution in [0.25, 0.3) is 0 Å². The van der Waals surface area contributed by atoms with Gasteiger partial charge in [-0.3, -0.25) is 4.79 Å². The van der Waals surface area contributed by atoms with E-state index in [4.69, 9.17) is 4.74 Å². The van der Waals surface area contributed by atoms with Gasteiger partial charge in [-0.25, -0.2) is 4.79 Å². The average Bonchev–Trinajstić information content (AvgIpc) is 2.35. The maximum absolute atomic E-state index is 11.5. The summed E-state index contributed by atoms with van der Waals surface area (Å²) in [6.07, 6.45) is 0. The molecule has 0 aliphatic carbocycles. The molecule has 0 bridgehead atoms. The topological polar surface area (TPSA) is 55.4 Å². The van der Waals surface area contributed by atoms with Gasteiger partial charge in [0.1, 0.15) is 6.61 Å². The lowest BCUT2D eigenvalue weighted by molar-refractivity contribution is -0.138. The molecule has 0 aliphatic heterocycles. The van der Waals surface area contributed by atoms with Crippen LogP contribution in [0.4, 0.5) is 4.79 Å². The highest BCUT2D eigenvalue weighted by Crippen LogP contribution is 2.17. The van der Waals surface area contributed by atoms with Crippen LogP contribution in [0.2, 0.25) is 0 Å². The molecule has 0 aliphatic rings. The number of amides is 1. The molecule has 1 N–H and O–H groups in total. The molecule has 0 aromatic heterocycles. The third kappa shape index (κ3) is 5.54. The largest absolute Gasteiger partial charge is 0.460 e. The Morgan fingerprint density at radius 3 is 2.61 bits per heavy atom. The number of thioether (sulfide) groups is 1. The Kier molecular flexibility index (Phi) is 6.00.